The Balaban J connectivity index is 2.31. The SMILES string of the molecule is C[C@]1(C#C[Si](C)(C)C)C[C@H](C=O)[C@H]1c1ccccc1. The van der Waals surface area contributed by atoms with E-state index in [1.807, 2.05) is 18.2 Å². The van der Waals surface area contributed by atoms with Gasteiger partial charge in [-0.25, -0.2) is 0 Å². The van der Waals surface area contributed by atoms with E-state index in [1.54, 1.807) is 0 Å². The summed E-state index contributed by atoms with van der Waals surface area (Å²) >= 11 is 0. The van der Waals surface area contributed by atoms with Crippen molar-refractivity contribution in [2.24, 2.45) is 11.3 Å². The second-order valence-corrected chi connectivity index (χ2v) is 11.6. The maximum Gasteiger partial charge on any atom is 0.129 e. The van der Waals surface area contributed by atoms with Gasteiger partial charge in [0.05, 0.1) is 0 Å². The summed E-state index contributed by atoms with van der Waals surface area (Å²) < 4.78 is 0. The zero-order valence-electron chi connectivity index (χ0n) is 12.2. The Morgan fingerprint density at radius 2 is 1.89 bits per heavy atom. The molecule has 0 aliphatic heterocycles. The van der Waals surface area contributed by atoms with Gasteiger partial charge in [-0.2, -0.15) is 0 Å². The molecule has 0 saturated heterocycles. The molecule has 1 nitrogen and oxygen atoms in total. The molecule has 0 amide bonds. The van der Waals surface area contributed by atoms with Crippen molar-refractivity contribution in [2.45, 2.75) is 38.9 Å². The highest BCUT2D eigenvalue weighted by molar-refractivity contribution is 6.83. The molecule has 0 N–H and O–H groups in total. The fourth-order valence-corrected chi connectivity index (χ4v) is 3.57. The van der Waals surface area contributed by atoms with Crippen LogP contribution in [-0.4, -0.2) is 14.4 Å². The smallest absolute Gasteiger partial charge is 0.129 e. The molecule has 1 saturated carbocycles. The fourth-order valence-electron chi connectivity index (χ4n) is 2.91. The van der Waals surface area contributed by atoms with Crippen LogP contribution in [0.25, 0.3) is 0 Å². The van der Waals surface area contributed by atoms with Gasteiger partial charge in [0.2, 0.25) is 0 Å². The third kappa shape index (κ3) is 2.98. The van der Waals surface area contributed by atoms with Gasteiger partial charge in [0.15, 0.2) is 0 Å². The minimum absolute atomic E-state index is 0.0345. The molecule has 1 aromatic rings. The highest BCUT2D eigenvalue weighted by atomic mass is 28.3. The van der Waals surface area contributed by atoms with Gasteiger partial charge < -0.3 is 4.79 Å². The summed E-state index contributed by atoms with van der Waals surface area (Å²) in [4.78, 5) is 11.2. The largest absolute Gasteiger partial charge is 0.303 e. The van der Waals surface area contributed by atoms with E-state index in [-0.39, 0.29) is 17.3 Å². The molecular weight excluding hydrogens is 248 g/mol. The monoisotopic (exact) mass is 270 g/mol. The Morgan fingerprint density at radius 1 is 1.26 bits per heavy atom. The predicted molar refractivity (Wildman–Crippen MR) is 82.6 cm³/mol. The molecule has 0 bridgehead atoms. The molecule has 1 fully saturated rings. The Morgan fingerprint density at radius 3 is 2.42 bits per heavy atom. The molecule has 1 aromatic carbocycles. The lowest BCUT2D eigenvalue weighted by Crippen LogP contribution is -2.44. The summed E-state index contributed by atoms with van der Waals surface area (Å²) in [5, 5.41) is 0. The second-order valence-electron chi connectivity index (χ2n) is 6.81. The van der Waals surface area contributed by atoms with Crippen LogP contribution in [0.5, 0.6) is 0 Å². The summed E-state index contributed by atoms with van der Waals surface area (Å²) in [6.45, 7) is 8.99. The number of carbonyl (C=O) groups excluding carboxylic acids is 1. The third-order valence-electron chi connectivity index (χ3n) is 3.83. The molecule has 3 atom stereocenters. The lowest BCUT2D eigenvalue weighted by molar-refractivity contribution is -0.117. The second kappa shape index (κ2) is 4.98. The number of benzene rings is 1. The molecule has 0 spiro atoms. The van der Waals surface area contributed by atoms with E-state index in [0.717, 1.165) is 12.7 Å². The highest BCUT2D eigenvalue weighted by Gasteiger charge is 2.50. The first-order valence-electron chi connectivity index (χ1n) is 6.90. The van der Waals surface area contributed by atoms with Crippen LogP contribution in [-0.2, 0) is 4.79 Å². The first-order chi connectivity index (χ1) is 8.86. The molecule has 19 heavy (non-hydrogen) atoms. The van der Waals surface area contributed by atoms with Gasteiger partial charge in [0.1, 0.15) is 14.4 Å². The van der Waals surface area contributed by atoms with E-state index in [1.165, 1.54) is 5.56 Å². The van der Waals surface area contributed by atoms with Crippen LogP contribution in [0.2, 0.25) is 19.6 Å². The Kier molecular flexibility index (Phi) is 3.69. The minimum atomic E-state index is -1.36. The summed E-state index contributed by atoms with van der Waals surface area (Å²) in [5.74, 6) is 3.89. The predicted octanol–water partition coefficient (Wildman–Crippen LogP) is 3.88. The molecule has 0 unspecified atom stereocenters. The van der Waals surface area contributed by atoms with Crippen molar-refractivity contribution in [2.75, 3.05) is 0 Å². The zero-order chi connectivity index (χ0) is 14.1. The summed E-state index contributed by atoms with van der Waals surface area (Å²) in [6.07, 6.45) is 2.00. The van der Waals surface area contributed by atoms with Crippen molar-refractivity contribution in [3.63, 3.8) is 0 Å². The molecular formula is C17H22OSi. The van der Waals surface area contributed by atoms with Gasteiger partial charge in [0, 0.05) is 17.3 Å². The molecule has 2 rings (SSSR count). The first-order valence-corrected chi connectivity index (χ1v) is 10.4. The van der Waals surface area contributed by atoms with Crippen LogP contribution >= 0.6 is 0 Å². The Hall–Kier alpha value is -1.33. The van der Waals surface area contributed by atoms with E-state index in [2.05, 4.69) is 50.2 Å². The number of hydrogen-bond acceptors (Lipinski definition) is 1. The quantitative estimate of drug-likeness (QED) is 0.453. The average molecular weight is 270 g/mol. The van der Waals surface area contributed by atoms with E-state index < -0.39 is 8.07 Å². The summed E-state index contributed by atoms with van der Waals surface area (Å²) in [6, 6.07) is 10.3. The van der Waals surface area contributed by atoms with Crippen LogP contribution in [0.15, 0.2) is 30.3 Å². The normalized spacial score (nSPS) is 29.9. The average Bonchev–Trinajstić information content (AvgIpc) is 2.34. The van der Waals surface area contributed by atoms with Gasteiger partial charge in [-0.3, -0.25) is 0 Å². The molecule has 0 heterocycles. The Bertz CT molecular complexity index is 518. The van der Waals surface area contributed by atoms with Crippen LogP contribution in [0.4, 0.5) is 0 Å². The summed E-state index contributed by atoms with van der Waals surface area (Å²) in [7, 11) is -1.36. The molecule has 100 valence electrons. The van der Waals surface area contributed by atoms with E-state index in [9.17, 15) is 4.79 Å². The van der Waals surface area contributed by atoms with Gasteiger partial charge in [0.25, 0.3) is 0 Å². The van der Waals surface area contributed by atoms with Crippen molar-refractivity contribution in [1.29, 1.82) is 0 Å². The standard InChI is InChI=1S/C17H22OSi/c1-17(10-11-19(2,3)4)12-15(13-18)16(17)14-8-6-5-7-9-14/h5-9,13,15-16H,12H2,1-4H3/t15-,16-,17+/m1/s1. The fraction of sp³-hybridized carbons (Fsp3) is 0.471. The van der Waals surface area contributed by atoms with Crippen LogP contribution in [0.3, 0.4) is 0 Å². The molecule has 2 heteroatoms. The lowest BCUT2D eigenvalue weighted by Gasteiger charge is -2.48. The van der Waals surface area contributed by atoms with Gasteiger partial charge >= 0.3 is 0 Å². The van der Waals surface area contributed by atoms with Crippen molar-refractivity contribution in [3.8, 4) is 11.5 Å². The van der Waals surface area contributed by atoms with Crippen molar-refractivity contribution in [1.82, 2.24) is 0 Å². The number of hydrogen-bond donors (Lipinski definition) is 0. The van der Waals surface area contributed by atoms with Crippen molar-refractivity contribution >= 4 is 14.4 Å². The molecule has 0 aromatic heterocycles. The maximum atomic E-state index is 11.2. The topological polar surface area (TPSA) is 17.1 Å². The molecule has 1 aliphatic rings. The van der Waals surface area contributed by atoms with Crippen LogP contribution < -0.4 is 0 Å². The summed E-state index contributed by atoms with van der Waals surface area (Å²) in [5.41, 5.74) is 4.70. The van der Waals surface area contributed by atoms with E-state index in [0.29, 0.717) is 0 Å². The highest BCUT2D eigenvalue weighted by Crippen LogP contribution is 2.55. The van der Waals surface area contributed by atoms with Gasteiger partial charge in [-0.05, 0) is 18.9 Å². The zero-order valence-corrected chi connectivity index (χ0v) is 13.2. The van der Waals surface area contributed by atoms with Crippen LogP contribution in [0, 0.1) is 22.8 Å². The minimum Gasteiger partial charge on any atom is -0.303 e. The lowest BCUT2D eigenvalue weighted by atomic mass is 9.53. The van der Waals surface area contributed by atoms with Crippen molar-refractivity contribution < 1.29 is 4.79 Å². The molecule has 1 aliphatic carbocycles. The van der Waals surface area contributed by atoms with Crippen molar-refractivity contribution in [3.05, 3.63) is 35.9 Å². The van der Waals surface area contributed by atoms with E-state index >= 15 is 0 Å². The number of aldehydes is 1. The first kappa shape index (κ1) is 14.1. The van der Waals surface area contributed by atoms with Crippen LogP contribution in [0.1, 0.15) is 24.8 Å². The third-order valence-corrected chi connectivity index (χ3v) is 4.71. The molecule has 0 radical (unpaired) electrons. The maximum absolute atomic E-state index is 11.2. The number of carbonyl (C=O) groups is 1. The van der Waals surface area contributed by atoms with Gasteiger partial charge in [-0.15, -0.1) is 11.5 Å². The van der Waals surface area contributed by atoms with Gasteiger partial charge in [-0.1, -0.05) is 50.0 Å². The number of rotatable bonds is 2. The Labute approximate surface area is 117 Å². The van der Waals surface area contributed by atoms with E-state index in [4.69, 9.17) is 0 Å².